The van der Waals surface area contributed by atoms with E-state index >= 15 is 0 Å². The number of ether oxygens (including phenoxy) is 1. The number of aromatic nitrogens is 1. The van der Waals surface area contributed by atoms with Crippen LogP contribution < -0.4 is 4.74 Å². The first-order chi connectivity index (χ1) is 8.19. The monoisotopic (exact) mass is 267 g/mol. The first kappa shape index (κ1) is 12.4. The van der Waals surface area contributed by atoms with Crippen molar-refractivity contribution in [3.05, 3.63) is 34.7 Å². The third-order valence-electron chi connectivity index (χ3n) is 2.19. The maximum absolute atomic E-state index is 5.74. The molecular formula is C13H14ClNOS. The molecule has 2 rings (SSSR count). The van der Waals surface area contributed by atoms with Gasteiger partial charge in [0.25, 0.3) is 0 Å². The lowest BCUT2D eigenvalue weighted by Crippen LogP contribution is -2.05. The highest BCUT2D eigenvalue weighted by Crippen LogP contribution is 2.25. The molecule has 17 heavy (non-hydrogen) atoms. The minimum absolute atomic E-state index is 0.197. The van der Waals surface area contributed by atoms with Crippen LogP contribution in [0.2, 0.25) is 0 Å². The molecule has 2 aromatic rings. The molecule has 1 heterocycles. The van der Waals surface area contributed by atoms with E-state index in [1.807, 2.05) is 43.5 Å². The number of benzene rings is 1. The van der Waals surface area contributed by atoms with Gasteiger partial charge in [0.05, 0.1) is 17.7 Å². The number of alkyl halides is 1. The van der Waals surface area contributed by atoms with Crippen LogP contribution in [0.1, 0.15) is 18.9 Å². The Morgan fingerprint density at radius 1 is 1.29 bits per heavy atom. The molecule has 90 valence electrons. The summed E-state index contributed by atoms with van der Waals surface area (Å²) in [6.07, 6.45) is 0.197. The molecule has 0 spiro atoms. The molecule has 1 aromatic heterocycles. The van der Waals surface area contributed by atoms with Crippen molar-refractivity contribution in [1.29, 1.82) is 0 Å². The quantitative estimate of drug-likeness (QED) is 0.769. The fourth-order valence-electron chi connectivity index (χ4n) is 1.48. The second-order valence-electron chi connectivity index (χ2n) is 3.95. The van der Waals surface area contributed by atoms with Crippen molar-refractivity contribution >= 4 is 22.9 Å². The summed E-state index contributed by atoms with van der Waals surface area (Å²) in [7, 11) is 0. The zero-order chi connectivity index (χ0) is 12.3. The molecule has 0 N–H and O–H groups in total. The van der Waals surface area contributed by atoms with Crippen molar-refractivity contribution in [3.63, 3.8) is 0 Å². The fraction of sp³-hybridized carbons (Fsp3) is 0.308. The Hall–Kier alpha value is -1.06. The molecule has 0 atom stereocenters. The third-order valence-corrected chi connectivity index (χ3v) is 3.45. The number of rotatable bonds is 4. The van der Waals surface area contributed by atoms with Crippen LogP contribution in [0.5, 0.6) is 5.75 Å². The number of thiazole rings is 1. The second kappa shape index (κ2) is 5.52. The van der Waals surface area contributed by atoms with Crippen molar-refractivity contribution in [1.82, 2.24) is 4.98 Å². The lowest BCUT2D eigenvalue weighted by atomic mass is 10.2. The predicted molar refractivity (Wildman–Crippen MR) is 72.9 cm³/mol. The number of halogens is 1. The predicted octanol–water partition coefficient (Wildman–Crippen LogP) is 4.34. The third kappa shape index (κ3) is 3.20. The molecule has 0 aliphatic rings. The van der Waals surface area contributed by atoms with E-state index in [0.29, 0.717) is 5.88 Å². The fourth-order valence-corrected chi connectivity index (χ4v) is 2.38. The van der Waals surface area contributed by atoms with E-state index in [1.54, 1.807) is 11.3 Å². The van der Waals surface area contributed by atoms with Gasteiger partial charge in [0.1, 0.15) is 10.8 Å². The molecule has 0 aliphatic carbocycles. The molecule has 4 heteroatoms. The molecule has 0 bridgehead atoms. The molecule has 1 aromatic carbocycles. The van der Waals surface area contributed by atoms with Crippen molar-refractivity contribution in [2.75, 3.05) is 0 Å². The van der Waals surface area contributed by atoms with E-state index in [4.69, 9.17) is 16.3 Å². The van der Waals surface area contributed by atoms with Gasteiger partial charge in [0.2, 0.25) is 0 Å². The van der Waals surface area contributed by atoms with Crippen LogP contribution in [0.4, 0.5) is 0 Å². The standard InChI is InChI=1S/C13H14ClNOS/c1-9(2)16-11-5-3-10(4-6-11)12-8-17-13(7-14)15-12/h3-6,8-9H,7H2,1-2H3. The van der Waals surface area contributed by atoms with Gasteiger partial charge >= 0.3 is 0 Å². The van der Waals surface area contributed by atoms with Crippen molar-refractivity contribution in [3.8, 4) is 17.0 Å². The van der Waals surface area contributed by atoms with Crippen LogP contribution in [0.15, 0.2) is 29.6 Å². The lowest BCUT2D eigenvalue weighted by molar-refractivity contribution is 0.242. The van der Waals surface area contributed by atoms with Crippen LogP contribution in [0.25, 0.3) is 11.3 Å². The van der Waals surface area contributed by atoms with Crippen LogP contribution in [0, 0.1) is 0 Å². The summed E-state index contributed by atoms with van der Waals surface area (Å²) in [5, 5.41) is 2.97. The molecule has 0 amide bonds. The normalized spacial score (nSPS) is 10.8. The molecule has 0 fully saturated rings. The van der Waals surface area contributed by atoms with Gasteiger partial charge in [-0.2, -0.15) is 0 Å². The average molecular weight is 268 g/mol. The van der Waals surface area contributed by atoms with E-state index in [1.165, 1.54) is 0 Å². The number of hydrogen-bond donors (Lipinski definition) is 0. The Balaban J connectivity index is 2.17. The summed E-state index contributed by atoms with van der Waals surface area (Å²) >= 11 is 7.32. The van der Waals surface area contributed by atoms with Gasteiger partial charge in [-0.25, -0.2) is 4.98 Å². The zero-order valence-corrected chi connectivity index (χ0v) is 11.4. The van der Waals surface area contributed by atoms with E-state index in [9.17, 15) is 0 Å². The Morgan fingerprint density at radius 2 is 2.00 bits per heavy atom. The Labute approximate surface area is 110 Å². The molecular weight excluding hydrogens is 254 g/mol. The lowest BCUT2D eigenvalue weighted by Gasteiger charge is -2.09. The van der Waals surface area contributed by atoms with Gasteiger partial charge in [0, 0.05) is 10.9 Å². The summed E-state index contributed by atoms with van der Waals surface area (Å²) in [5.41, 5.74) is 2.07. The molecule has 0 saturated heterocycles. The van der Waals surface area contributed by atoms with E-state index in [2.05, 4.69) is 4.98 Å². The largest absolute Gasteiger partial charge is 0.491 e. The second-order valence-corrected chi connectivity index (χ2v) is 5.16. The molecule has 0 aliphatic heterocycles. The van der Waals surface area contributed by atoms with Crippen molar-refractivity contribution in [2.24, 2.45) is 0 Å². The summed E-state index contributed by atoms with van der Waals surface area (Å²) in [5.74, 6) is 1.36. The Bertz CT molecular complexity index is 478. The average Bonchev–Trinajstić information content (AvgIpc) is 2.78. The highest BCUT2D eigenvalue weighted by atomic mass is 35.5. The van der Waals surface area contributed by atoms with E-state index in [0.717, 1.165) is 22.0 Å². The van der Waals surface area contributed by atoms with Gasteiger partial charge in [-0.15, -0.1) is 22.9 Å². The maximum atomic E-state index is 5.74. The highest BCUT2D eigenvalue weighted by Gasteiger charge is 2.04. The zero-order valence-electron chi connectivity index (χ0n) is 9.81. The minimum Gasteiger partial charge on any atom is -0.491 e. The smallest absolute Gasteiger partial charge is 0.119 e. The Morgan fingerprint density at radius 3 is 2.53 bits per heavy atom. The summed E-state index contributed by atoms with van der Waals surface area (Å²) in [4.78, 5) is 4.44. The van der Waals surface area contributed by atoms with E-state index < -0.39 is 0 Å². The van der Waals surface area contributed by atoms with E-state index in [-0.39, 0.29) is 6.10 Å². The summed E-state index contributed by atoms with van der Waals surface area (Å²) in [6, 6.07) is 7.97. The minimum atomic E-state index is 0.197. The molecule has 0 radical (unpaired) electrons. The van der Waals surface area contributed by atoms with Crippen LogP contribution >= 0.6 is 22.9 Å². The number of hydrogen-bond acceptors (Lipinski definition) is 3. The molecule has 0 saturated carbocycles. The molecule has 2 nitrogen and oxygen atoms in total. The SMILES string of the molecule is CC(C)Oc1ccc(-c2csc(CCl)n2)cc1. The first-order valence-corrected chi connectivity index (χ1v) is 6.88. The van der Waals surface area contributed by atoms with Crippen LogP contribution in [-0.4, -0.2) is 11.1 Å². The van der Waals surface area contributed by atoms with Gasteiger partial charge < -0.3 is 4.74 Å². The Kier molecular flexibility index (Phi) is 4.02. The van der Waals surface area contributed by atoms with Gasteiger partial charge in [0.15, 0.2) is 0 Å². The van der Waals surface area contributed by atoms with Crippen LogP contribution in [-0.2, 0) is 5.88 Å². The summed E-state index contributed by atoms with van der Waals surface area (Å²) < 4.78 is 5.59. The first-order valence-electron chi connectivity index (χ1n) is 5.46. The highest BCUT2D eigenvalue weighted by molar-refractivity contribution is 7.10. The van der Waals surface area contributed by atoms with Gasteiger partial charge in [-0.05, 0) is 38.1 Å². The maximum Gasteiger partial charge on any atom is 0.119 e. The van der Waals surface area contributed by atoms with Gasteiger partial charge in [-0.3, -0.25) is 0 Å². The number of nitrogens with zero attached hydrogens (tertiary/aromatic N) is 1. The van der Waals surface area contributed by atoms with Crippen molar-refractivity contribution in [2.45, 2.75) is 25.8 Å². The van der Waals surface area contributed by atoms with Gasteiger partial charge in [-0.1, -0.05) is 0 Å². The van der Waals surface area contributed by atoms with Crippen molar-refractivity contribution < 1.29 is 4.74 Å². The van der Waals surface area contributed by atoms with Crippen LogP contribution in [0.3, 0.4) is 0 Å². The topological polar surface area (TPSA) is 22.1 Å². The molecule has 0 unspecified atom stereocenters. The summed E-state index contributed by atoms with van der Waals surface area (Å²) in [6.45, 7) is 4.03.